The van der Waals surface area contributed by atoms with Crippen molar-refractivity contribution in [3.05, 3.63) is 11.6 Å². The lowest BCUT2D eigenvalue weighted by Gasteiger charge is -2.22. The molecule has 0 saturated carbocycles. The molecular formula is C11H19N3O3. The lowest BCUT2D eigenvalue weighted by atomic mass is 9.99. The normalized spacial score (nSPS) is 17.5. The second kappa shape index (κ2) is 6.09. The van der Waals surface area contributed by atoms with Crippen molar-refractivity contribution in [3.8, 4) is 0 Å². The molecule has 0 unspecified atom stereocenters. The first kappa shape index (κ1) is 12.5. The van der Waals surface area contributed by atoms with Gasteiger partial charge in [0.1, 0.15) is 12.4 Å². The molecule has 1 aliphatic heterocycles. The number of aliphatic hydroxyl groups is 1. The number of aliphatic hydroxyl groups excluding tert-OH is 1. The molecule has 1 aliphatic rings. The Morgan fingerprint density at radius 1 is 1.41 bits per heavy atom. The molecule has 2 heterocycles. The molecule has 6 nitrogen and oxygen atoms in total. The second-order valence-corrected chi connectivity index (χ2v) is 4.16. The maximum absolute atomic E-state index is 9.24. The minimum atomic E-state index is -0.0834. The van der Waals surface area contributed by atoms with Crippen LogP contribution in [0.1, 0.15) is 30.4 Å². The second-order valence-electron chi connectivity index (χ2n) is 4.16. The van der Waals surface area contributed by atoms with Gasteiger partial charge in [0.15, 0.2) is 5.82 Å². The molecule has 2 rings (SSSR count). The molecular weight excluding hydrogens is 222 g/mol. The summed E-state index contributed by atoms with van der Waals surface area (Å²) in [6.45, 7) is 2.75. The standard InChI is InChI=1S/C11H19N3O3/c1-16-7-4-14-10(8-15)12-13-11(14)9-2-5-17-6-3-9/h9,15H,2-8H2,1H3. The van der Waals surface area contributed by atoms with Gasteiger partial charge in [0.2, 0.25) is 0 Å². The van der Waals surface area contributed by atoms with E-state index in [1.165, 1.54) is 0 Å². The van der Waals surface area contributed by atoms with Gasteiger partial charge in [0.25, 0.3) is 0 Å². The molecule has 1 N–H and O–H groups in total. The minimum Gasteiger partial charge on any atom is -0.388 e. The Kier molecular flexibility index (Phi) is 4.47. The van der Waals surface area contributed by atoms with Crippen LogP contribution in [0.15, 0.2) is 0 Å². The highest BCUT2D eigenvalue weighted by Gasteiger charge is 2.23. The molecule has 0 amide bonds. The molecule has 1 fully saturated rings. The van der Waals surface area contributed by atoms with Crippen molar-refractivity contribution in [3.63, 3.8) is 0 Å². The van der Waals surface area contributed by atoms with Gasteiger partial charge in [-0.1, -0.05) is 0 Å². The van der Waals surface area contributed by atoms with Crippen LogP contribution in [0.4, 0.5) is 0 Å². The van der Waals surface area contributed by atoms with Crippen molar-refractivity contribution in [1.29, 1.82) is 0 Å². The van der Waals surface area contributed by atoms with Crippen LogP contribution in [0.3, 0.4) is 0 Å². The van der Waals surface area contributed by atoms with Gasteiger partial charge in [-0.15, -0.1) is 10.2 Å². The van der Waals surface area contributed by atoms with E-state index < -0.39 is 0 Å². The first-order valence-corrected chi connectivity index (χ1v) is 5.96. The molecule has 0 bridgehead atoms. The first-order chi connectivity index (χ1) is 8.36. The Morgan fingerprint density at radius 3 is 2.82 bits per heavy atom. The Hall–Kier alpha value is -0.980. The molecule has 0 radical (unpaired) electrons. The Balaban J connectivity index is 2.16. The fourth-order valence-electron chi connectivity index (χ4n) is 2.15. The van der Waals surface area contributed by atoms with Gasteiger partial charge in [0, 0.05) is 32.8 Å². The molecule has 1 aromatic heterocycles. The average molecular weight is 241 g/mol. The predicted molar refractivity (Wildman–Crippen MR) is 60.6 cm³/mol. The number of methoxy groups -OCH3 is 1. The van der Waals surface area contributed by atoms with E-state index in [1.807, 2.05) is 4.57 Å². The zero-order chi connectivity index (χ0) is 12.1. The van der Waals surface area contributed by atoms with Crippen molar-refractivity contribution in [2.24, 2.45) is 0 Å². The van der Waals surface area contributed by atoms with Crippen molar-refractivity contribution in [2.45, 2.75) is 31.9 Å². The summed E-state index contributed by atoms with van der Waals surface area (Å²) in [4.78, 5) is 0. The molecule has 0 atom stereocenters. The van der Waals surface area contributed by atoms with Crippen LogP contribution in [0.5, 0.6) is 0 Å². The highest BCUT2D eigenvalue weighted by atomic mass is 16.5. The van der Waals surface area contributed by atoms with Gasteiger partial charge in [-0.05, 0) is 12.8 Å². The van der Waals surface area contributed by atoms with E-state index in [0.29, 0.717) is 24.9 Å². The molecule has 96 valence electrons. The molecule has 6 heteroatoms. The zero-order valence-corrected chi connectivity index (χ0v) is 10.1. The zero-order valence-electron chi connectivity index (χ0n) is 10.1. The van der Waals surface area contributed by atoms with Crippen molar-refractivity contribution in [2.75, 3.05) is 26.9 Å². The highest BCUT2D eigenvalue weighted by Crippen LogP contribution is 2.25. The Morgan fingerprint density at radius 2 is 2.18 bits per heavy atom. The average Bonchev–Trinajstić information content (AvgIpc) is 2.80. The smallest absolute Gasteiger partial charge is 0.158 e. The third kappa shape index (κ3) is 2.83. The van der Waals surface area contributed by atoms with E-state index in [0.717, 1.165) is 31.9 Å². The van der Waals surface area contributed by atoms with E-state index >= 15 is 0 Å². The number of hydrogen-bond acceptors (Lipinski definition) is 5. The highest BCUT2D eigenvalue weighted by molar-refractivity contribution is 5.02. The van der Waals surface area contributed by atoms with Crippen molar-refractivity contribution < 1.29 is 14.6 Å². The van der Waals surface area contributed by atoms with Gasteiger partial charge in [-0.25, -0.2) is 0 Å². The number of nitrogens with zero attached hydrogens (tertiary/aromatic N) is 3. The summed E-state index contributed by atoms with van der Waals surface area (Å²) in [5.41, 5.74) is 0. The first-order valence-electron chi connectivity index (χ1n) is 5.96. The van der Waals surface area contributed by atoms with E-state index in [1.54, 1.807) is 7.11 Å². The van der Waals surface area contributed by atoms with Crippen LogP contribution in [-0.2, 0) is 22.6 Å². The van der Waals surface area contributed by atoms with Gasteiger partial charge in [0.05, 0.1) is 6.61 Å². The van der Waals surface area contributed by atoms with Gasteiger partial charge in [-0.3, -0.25) is 0 Å². The lowest BCUT2D eigenvalue weighted by molar-refractivity contribution is 0.0821. The molecule has 0 spiro atoms. The summed E-state index contributed by atoms with van der Waals surface area (Å²) >= 11 is 0. The number of rotatable bonds is 5. The summed E-state index contributed by atoms with van der Waals surface area (Å²) < 4.78 is 12.4. The Labute approximate surface area is 101 Å². The monoisotopic (exact) mass is 241 g/mol. The fraction of sp³-hybridized carbons (Fsp3) is 0.818. The van der Waals surface area contributed by atoms with Crippen LogP contribution in [-0.4, -0.2) is 46.8 Å². The SMILES string of the molecule is COCCn1c(CO)nnc1C1CCOCC1. The molecule has 1 aromatic rings. The topological polar surface area (TPSA) is 69.4 Å². The van der Waals surface area contributed by atoms with Crippen LogP contribution < -0.4 is 0 Å². The van der Waals surface area contributed by atoms with Gasteiger partial charge >= 0.3 is 0 Å². The summed E-state index contributed by atoms with van der Waals surface area (Å²) in [6, 6.07) is 0. The summed E-state index contributed by atoms with van der Waals surface area (Å²) in [5, 5.41) is 17.5. The van der Waals surface area contributed by atoms with Crippen LogP contribution in [0, 0.1) is 0 Å². The van der Waals surface area contributed by atoms with Gasteiger partial charge < -0.3 is 19.1 Å². The minimum absolute atomic E-state index is 0.0834. The van der Waals surface area contributed by atoms with E-state index in [2.05, 4.69) is 10.2 Å². The van der Waals surface area contributed by atoms with Crippen LogP contribution in [0.2, 0.25) is 0 Å². The largest absolute Gasteiger partial charge is 0.388 e. The fourth-order valence-corrected chi connectivity index (χ4v) is 2.15. The molecule has 0 aliphatic carbocycles. The van der Waals surface area contributed by atoms with E-state index in [-0.39, 0.29) is 6.61 Å². The maximum Gasteiger partial charge on any atom is 0.158 e. The van der Waals surface area contributed by atoms with Crippen LogP contribution >= 0.6 is 0 Å². The lowest BCUT2D eigenvalue weighted by Crippen LogP contribution is -2.20. The predicted octanol–water partition coefficient (Wildman–Crippen LogP) is 0.311. The molecule has 1 saturated heterocycles. The van der Waals surface area contributed by atoms with Crippen LogP contribution in [0.25, 0.3) is 0 Å². The number of ether oxygens (including phenoxy) is 2. The van der Waals surface area contributed by atoms with E-state index in [9.17, 15) is 5.11 Å². The summed E-state index contributed by atoms with van der Waals surface area (Å²) in [7, 11) is 1.66. The Bertz CT molecular complexity index is 348. The number of aromatic nitrogens is 3. The molecule has 0 aromatic carbocycles. The quantitative estimate of drug-likeness (QED) is 0.803. The van der Waals surface area contributed by atoms with Crippen molar-refractivity contribution in [1.82, 2.24) is 14.8 Å². The summed E-state index contributed by atoms with van der Waals surface area (Å²) in [5.74, 6) is 1.95. The van der Waals surface area contributed by atoms with E-state index in [4.69, 9.17) is 9.47 Å². The van der Waals surface area contributed by atoms with Gasteiger partial charge in [-0.2, -0.15) is 0 Å². The summed E-state index contributed by atoms with van der Waals surface area (Å²) in [6.07, 6.45) is 1.94. The third-order valence-electron chi connectivity index (χ3n) is 3.10. The third-order valence-corrected chi connectivity index (χ3v) is 3.10. The molecule has 17 heavy (non-hydrogen) atoms. The maximum atomic E-state index is 9.24. The van der Waals surface area contributed by atoms with Crippen molar-refractivity contribution >= 4 is 0 Å². The number of hydrogen-bond donors (Lipinski definition) is 1.